The molecule has 2 aliphatic heterocycles. The lowest BCUT2D eigenvalue weighted by atomic mass is 9.70. The molecule has 1 fully saturated rings. The molecule has 10 nitrogen and oxygen atoms in total. The number of methoxy groups -OCH3 is 1. The number of rotatable bonds is 4. The Labute approximate surface area is 270 Å². The number of halogens is 1. The maximum Gasteiger partial charge on any atom is 0.331 e. The van der Waals surface area contributed by atoms with Gasteiger partial charge in [0, 0.05) is 36.8 Å². The van der Waals surface area contributed by atoms with Crippen LogP contribution in [-0.2, 0) is 37.5 Å². The van der Waals surface area contributed by atoms with Crippen LogP contribution in [0.3, 0.4) is 0 Å². The van der Waals surface area contributed by atoms with E-state index in [2.05, 4.69) is 9.62 Å². The summed E-state index contributed by atoms with van der Waals surface area (Å²) in [7, 11) is -2.76. The van der Waals surface area contributed by atoms with Crippen LogP contribution < -0.4 is 14.4 Å². The predicted octanol–water partition coefficient (Wildman–Crippen LogP) is 4.90. The summed E-state index contributed by atoms with van der Waals surface area (Å²) in [6.45, 7) is 3.69. The quantitative estimate of drug-likeness (QED) is 0.364. The number of amides is 1. The SMILES string of the molecule is CCN1CC/C=C/C(OCC(=O)OC)[C@@H]2CC[C@H]2CN2CCCCc3cc(Cl)ccc3COc3ccc(cc32)C(=O)NS1(=O)=O. The number of carbonyl (C=O) groups excluding carboxylic acids is 2. The van der Waals surface area contributed by atoms with E-state index in [1.165, 1.54) is 11.4 Å². The molecular weight excluding hydrogens is 618 g/mol. The molecule has 1 aliphatic carbocycles. The van der Waals surface area contributed by atoms with E-state index in [0.717, 1.165) is 48.9 Å². The molecule has 5 rings (SSSR count). The van der Waals surface area contributed by atoms with Gasteiger partial charge < -0.3 is 19.1 Å². The highest BCUT2D eigenvalue weighted by Gasteiger charge is 2.38. The van der Waals surface area contributed by atoms with E-state index >= 15 is 0 Å². The van der Waals surface area contributed by atoms with Crippen molar-refractivity contribution in [3.8, 4) is 5.75 Å². The van der Waals surface area contributed by atoms with Crippen LogP contribution in [0.4, 0.5) is 5.69 Å². The highest BCUT2D eigenvalue weighted by atomic mass is 35.5. The number of nitrogens with zero attached hydrogens (tertiary/aromatic N) is 2. The fourth-order valence-electron chi connectivity index (χ4n) is 6.30. The molecule has 0 spiro atoms. The lowest BCUT2D eigenvalue weighted by molar-refractivity contribution is -0.149. The van der Waals surface area contributed by atoms with Crippen LogP contribution in [0.25, 0.3) is 0 Å². The number of ether oxygens (including phenoxy) is 3. The minimum absolute atomic E-state index is 0.158. The number of aryl methyl sites for hydroxylation is 1. The molecule has 2 bridgehead atoms. The minimum atomic E-state index is -4.09. The van der Waals surface area contributed by atoms with Crippen LogP contribution in [0.15, 0.2) is 48.6 Å². The van der Waals surface area contributed by atoms with Crippen molar-refractivity contribution in [2.45, 2.75) is 58.2 Å². The molecule has 244 valence electrons. The lowest BCUT2D eigenvalue weighted by Gasteiger charge is -2.44. The van der Waals surface area contributed by atoms with Crippen LogP contribution in [0.2, 0.25) is 5.02 Å². The van der Waals surface area contributed by atoms with Gasteiger partial charge in [-0.1, -0.05) is 36.7 Å². The summed E-state index contributed by atoms with van der Waals surface area (Å²) < 4.78 is 47.2. The Morgan fingerprint density at radius 3 is 2.71 bits per heavy atom. The third-order valence-electron chi connectivity index (χ3n) is 9.00. The van der Waals surface area contributed by atoms with E-state index in [0.29, 0.717) is 36.9 Å². The van der Waals surface area contributed by atoms with Crippen molar-refractivity contribution >= 4 is 39.4 Å². The molecule has 0 radical (unpaired) electrons. The third kappa shape index (κ3) is 8.19. The van der Waals surface area contributed by atoms with Gasteiger partial charge in [0.2, 0.25) is 0 Å². The minimum Gasteiger partial charge on any atom is -0.487 e. The third-order valence-corrected chi connectivity index (χ3v) is 10.8. The van der Waals surface area contributed by atoms with E-state index in [1.807, 2.05) is 30.4 Å². The number of anilines is 1. The second-order valence-electron chi connectivity index (χ2n) is 11.8. The Balaban J connectivity index is 1.52. The monoisotopic (exact) mass is 659 g/mol. The number of benzene rings is 2. The van der Waals surface area contributed by atoms with Crippen molar-refractivity contribution in [3.05, 3.63) is 70.3 Å². The first-order chi connectivity index (χ1) is 21.7. The second kappa shape index (κ2) is 15.0. The zero-order valence-electron chi connectivity index (χ0n) is 25.9. The van der Waals surface area contributed by atoms with E-state index < -0.39 is 22.1 Å². The van der Waals surface area contributed by atoms with Crippen molar-refractivity contribution in [2.75, 3.05) is 44.8 Å². The fourth-order valence-corrected chi connectivity index (χ4v) is 7.66. The van der Waals surface area contributed by atoms with Gasteiger partial charge in [0.1, 0.15) is 19.0 Å². The number of nitrogens with one attached hydrogen (secondary N) is 1. The number of esters is 1. The molecule has 1 amide bonds. The van der Waals surface area contributed by atoms with E-state index in [4.69, 9.17) is 25.8 Å². The van der Waals surface area contributed by atoms with Crippen molar-refractivity contribution in [1.29, 1.82) is 0 Å². The van der Waals surface area contributed by atoms with Gasteiger partial charge in [-0.15, -0.1) is 0 Å². The van der Waals surface area contributed by atoms with Gasteiger partial charge in [0.15, 0.2) is 0 Å². The summed E-state index contributed by atoms with van der Waals surface area (Å²) in [6, 6.07) is 10.9. The smallest absolute Gasteiger partial charge is 0.331 e. The fraction of sp³-hybridized carbons (Fsp3) is 0.515. The topological polar surface area (TPSA) is 114 Å². The molecule has 45 heavy (non-hydrogen) atoms. The van der Waals surface area contributed by atoms with Crippen molar-refractivity contribution in [1.82, 2.24) is 9.03 Å². The van der Waals surface area contributed by atoms with Crippen LogP contribution in [0, 0.1) is 11.8 Å². The summed E-state index contributed by atoms with van der Waals surface area (Å²) in [5.74, 6) is -0.0958. The Hall–Kier alpha value is -3.12. The first-order valence-corrected chi connectivity index (χ1v) is 17.5. The van der Waals surface area contributed by atoms with Gasteiger partial charge in [-0.25, -0.2) is 9.52 Å². The molecular formula is C33H42ClN3O7S. The normalized spacial score (nSPS) is 24.8. The number of hydrogen-bond donors (Lipinski definition) is 1. The Morgan fingerprint density at radius 2 is 1.96 bits per heavy atom. The van der Waals surface area contributed by atoms with Gasteiger partial charge in [0.25, 0.3) is 5.91 Å². The second-order valence-corrected chi connectivity index (χ2v) is 13.9. The maximum atomic E-state index is 13.4. The van der Waals surface area contributed by atoms with Gasteiger partial charge >= 0.3 is 16.2 Å². The zero-order valence-corrected chi connectivity index (χ0v) is 27.4. The van der Waals surface area contributed by atoms with E-state index in [1.54, 1.807) is 25.1 Å². The Kier molecular flexibility index (Phi) is 11.1. The molecule has 2 heterocycles. The Morgan fingerprint density at radius 1 is 1.11 bits per heavy atom. The number of carbonyl (C=O) groups is 2. The molecule has 2 aromatic carbocycles. The summed E-state index contributed by atoms with van der Waals surface area (Å²) in [5, 5.41) is 0.691. The standard InChI is InChI=1S/C33H42ClN3O7S/c1-3-37-17-7-5-9-30(44-22-32(38)42-2)28-14-11-25(28)20-36-16-6-4-8-23-18-27(34)13-10-26(23)21-43-31-15-12-24(19-29(31)36)33(39)35-45(37,40)41/h5,9-10,12-13,15,18-19,25,28,30H,3-4,6-8,11,14,16-17,20-22H2,1-2H3,(H,35,39)/b9-5+/t25-,28+,30?/m0/s1. The van der Waals surface area contributed by atoms with Crippen LogP contribution in [0.1, 0.15) is 60.5 Å². The first-order valence-electron chi connectivity index (χ1n) is 15.6. The molecule has 3 atom stereocenters. The van der Waals surface area contributed by atoms with Gasteiger partial charge in [-0.3, -0.25) is 4.79 Å². The average Bonchev–Trinajstić information content (AvgIpc) is 3.03. The number of hydrogen-bond acceptors (Lipinski definition) is 8. The lowest BCUT2D eigenvalue weighted by Crippen LogP contribution is -2.45. The molecule has 1 unspecified atom stereocenters. The molecule has 2 aromatic rings. The van der Waals surface area contributed by atoms with Crippen LogP contribution in [-0.4, -0.2) is 70.6 Å². The summed E-state index contributed by atoms with van der Waals surface area (Å²) in [5.41, 5.74) is 3.18. The van der Waals surface area contributed by atoms with Gasteiger partial charge in [-0.05, 0) is 91.8 Å². The molecule has 1 saturated carbocycles. The highest BCUT2D eigenvalue weighted by molar-refractivity contribution is 7.87. The summed E-state index contributed by atoms with van der Waals surface area (Å²) in [6.07, 6.45) is 8.56. The zero-order chi connectivity index (χ0) is 32.0. The predicted molar refractivity (Wildman–Crippen MR) is 173 cm³/mol. The molecule has 0 saturated heterocycles. The van der Waals surface area contributed by atoms with Gasteiger partial charge in [-0.2, -0.15) is 12.7 Å². The molecule has 1 N–H and O–H groups in total. The largest absolute Gasteiger partial charge is 0.487 e. The van der Waals surface area contributed by atoms with Crippen molar-refractivity contribution in [3.63, 3.8) is 0 Å². The van der Waals surface area contributed by atoms with Crippen LogP contribution in [0.5, 0.6) is 5.75 Å². The average molecular weight is 660 g/mol. The molecule has 0 aromatic heterocycles. The van der Waals surface area contributed by atoms with Gasteiger partial charge in [0.05, 0.1) is 18.9 Å². The maximum absolute atomic E-state index is 13.4. The van der Waals surface area contributed by atoms with Crippen molar-refractivity contribution in [2.24, 2.45) is 11.8 Å². The van der Waals surface area contributed by atoms with E-state index in [-0.39, 0.29) is 43.2 Å². The summed E-state index contributed by atoms with van der Waals surface area (Å²) >= 11 is 6.32. The molecule has 3 aliphatic rings. The number of fused-ring (bicyclic) bond motifs is 3. The van der Waals surface area contributed by atoms with E-state index in [9.17, 15) is 18.0 Å². The van der Waals surface area contributed by atoms with Crippen LogP contribution >= 0.6 is 11.6 Å². The first kappa shape index (κ1) is 33.2. The molecule has 12 heteroatoms. The Bertz CT molecular complexity index is 1520. The summed E-state index contributed by atoms with van der Waals surface area (Å²) in [4.78, 5) is 27.6. The van der Waals surface area contributed by atoms with Crippen molar-refractivity contribution < 1.29 is 32.2 Å². The highest BCUT2D eigenvalue weighted by Crippen LogP contribution is 2.41.